The molecule has 2 rings (SSSR count). The van der Waals surface area contributed by atoms with E-state index in [0.717, 1.165) is 17.8 Å². The Morgan fingerprint density at radius 2 is 2.00 bits per heavy atom. The fourth-order valence-corrected chi connectivity index (χ4v) is 3.59. The van der Waals surface area contributed by atoms with Crippen LogP contribution in [-0.2, 0) is 4.79 Å². The van der Waals surface area contributed by atoms with Crippen LogP contribution in [0.5, 0.6) is 0 Å². The van der Waals surface area contributed by atoms with Gasteiger partial charge in [0.15, 0.2) is 0 Å². The van der Waals surface area contributed by atoms with Gasteiger partial charge in [0.1, 0.15) is 6.29 Å². The highest BCUT2D eigenvalue weighted by atomic mass is 16.1. The number of hydrogen-bond acceptors (Lipinski definition) is 1. The van der Waals surface area contributed by atoms with Crippen LogP contribution in [0.3, 0.4) is 0 Å². The van der Waals surface area contributed by atoms with E-state index in [-0.39, 0.29) is 0 Å². The molecule has 0 unspecified atom stereocenters. The molecule has 2 aliphatic carbocycles. The summed E-state index contributed by atoms with van der Waals surface area (Å²) in [6.45, 7) is 6.81. The molecule has 0 amide bonds. The van der Waals surface area contributed by atoms with E-state index in [2.05, 4.69) is 20.8 Å². The van der Waals surface area contributed by atoms with Crippen molar-refractivity contribution in [1.29, 1.82) is 0 Å². The largest absolute Gasteiger partial charge is 0.303 e. The van der Waals surface area contributed by atoms with Gasteiger partial charge in [0.05, 0.1) is 0 Å². The molecule has 2 fully saturated rings. The van der Waals surface area contributed by atoms with Crippen LogP contribution >= 0.6 is 0 Å². The van der Waals surface area contributed by atoms with Gasteiger partial charge in [-0.1, -0.05) is 27.2 Å². The zero-order valence-corrected chi connectivity index (χ0v) is 8.21. The zero-order valence-electron chi connectivity index (χ0n) is 8.21. The third-order valence-electron chi connectivity index (χ3n) is 4.43. The zero-order chi connectivity index (χ0) is 8.93. The molecule has 0 bridgehead atoms. The van der Waals surface area contributed by atoms with E-state index in [4.69, 9.17) is 0 Å². The van der Waals surface area contributed by atoms with Crippen LogP contribution in [-0.4, -0.2) is 6.29 Å². The normalized spacial score (nSPS) is 49.6. The first-order valence-electron chi connectivity index (χ1n) is 5.04. The Balaban J connectivity index is 2.21. The van der Waals surface area contributed by atoms with E-state index in [1.165, 1.54) is 19.1 Å². The second kappa shape index (κ2) is 2.34. The molecule has 4 atom stereocenters. The lowest BCUT2D eigenvalue weighted by atomic mass is 9.49. The fourth-order valence-electron chi connectivity index (χ4n) is 3.59. The monoisotopic (exact) mass is 166 g/mol. The molecule has 0 aromatic heterocycles. The SMILES string of the molecule is C[C@@H]1CC[C@H]2[C@@H]1[C@H](C=O)C2(C)C. The molecule has 0 radical (unpaired) electrons. The van der Waals surface area contributed by atoms with Gasteiger partial charge in [-0.3, -0.25) is 0 Å². The van der Waals surface area contributed by atoms with Crippen molar-refractivity contribution < 1.29 is 4.79 Å². The molecule has 0 aromatic rings. The summed E-state index contributed by atoms with van der Waals surface area (Å²) in [4.78, 5) is 10.9. The quantitative estimate of drug-likeness (QED) is 0.547. The lowest BCUT2D eigenvalue weighted by Crippen LogP contribution is -2.53. The van der Waals surface area contributed by atoms with E-state index in [1.54, 1.807) is 0 Å². The average Bonchev–Trinajstić information content (AvgIpc) is 2.31. The molecule has 2 saturated carbocycles. The average molecular weight is 166 g/mol. The van der Waals surface area contributed by atoms with Gasteiger partial charge < -0.3 is 4.79 Å². The molecule has 0 heterocycles. The predicted molar refractivity (Wildman–Crippen MR) is 48.7 cm³/mol. The van der Waals surface area contributed by atoms with Crippen molar-refractivity contribution in [3.8, 4) is 0 Å². The van der Waals surface area contributed by atoms with Crippen molar-refractivity contribution in [1.82, 2.24) is 0 Å². The molecule has 0 saturated heterocycles. The number of aldehydes is 1. The van der Waals surface area contributed by atoms with Crippen LogP contribution < -0.4 is 0 Å². The Hall–Kier alpha value is -0.330. The van der Waals surface area contributed by atoms with E-state index >= 15 is 0 Å². The van der Waals surface area contributed by atoms with Crippen LogP contribution in [0.15, 0.2) is 0 Å². The first kappa shape index (κ1) is 8.28. The smallest absolute Gasteiger partial charge is 0.123 e. The Kier molecular flexibility index (Phi) is 1.61. The minimum Gasteiger partial charge on any atom is -0.303 e. The second-order valence-electron chi connectivity index (χ2n) is 5.22. The van der Waals surface area contributed by atoms with Gasteiger partial charge in [0, 0.05) is 5.92 Å². The van der Waals surface area contributed by atoms with E-state index in [9.17, 15) is 4.79 Å². The maximum absolute atomic E-state index is 10.9. The maximum Gasteiger partial charge on any atom is 0.123 e. The predicted octanol–water partition coefficient (Wildman–Crippen LogP) is 2.50. The maximum atomic E-state index is 10.9. The van der Waals surface area contributed by atoms with Crippen LogP contribution in [0.1, 0.15) is 33.6 Å². The van der Waals surface area contributed by atoms with Crippen LogP contribution in [0.2, 0.25) is 0 Å². The minimum absolute atomic E-state index is 0.303. The van der Waals surface area contributed by atoms with Crippen LogP contribution in [0.4, 0.5) is 0 Å². The lowest BCUT2D eigenvalue weighted by Gasteiger charge is -2.55. The van der Waals surface area contributed by atoms with Crippen molar-refractivity contribution in [2.75, 3.05) is 0 Å². The summed E-state index contributed by atoms with van der Waals surface area (Å²) < 4.78 is 0. The first-order chi connectivity index (χ1) is 5.59. The summed E-state index contributed by atoms with van der Waals surface area (Å²) in [5.74, 6) is 2.69. The van der Waals surface area contributed by atoms with E-state index in [0.29, 0.717) is 11.3 Å². The van der Waals surface area contributed by atoms with Gasteiger partial charge in [-0.2, -0.15) is 0 Å². The first-order valence-corrected chi connectivity index (χ1v) is 5.04. The fraction of sp³-hybridized carbons (Fsp3) is 0.909. The van der Waals surface area contributed by atoms with Gasteiger partial charge in [-0.25, -0.2) is 0 Å². The number of hydrogen-bond donors (Lipinski definition) is 0. The minimum atomic E-state index is 0.303. The van der Waals surface area contributed by atoms with Crippen molar-refractivity contribution in [2.24, 2.45) is 29.1 Å². The summed E-state index contributed by atoms with van der Waals surface area (Å²) >= 11 is 0. The van der Waals surface area contributed by atoms with Gasteiger partial charge in [0.25, 0.3) is 0 Å². The Morgan fingerprint density at radius 1 is 1.33 bits per heavy atom. The van der Waals surface area contributed by atoms with Gasteiger partial charge >= 0.3 is 0 Å². The van der Waals surface area contributed by atoms with Gasteiger partial charge in [0.2, 0.25) is 0 Å². The molecular formula is C11H18O. The lowest BCUT2D eigenvalue weighted by molar-refractivity contribution is -0.138. The standard InChI is InChI=1S/C11H18O/c1-7-4-5-8-10(7)9(6-12)11(8,2)3/h6-10H,4-5H2,1-3H3/t7-,8+,9+,10-/m1/s1. The Labute approximate surface area is 74.5 Å². The Morgan fingerprint density at radius 3 is 2.58 bits per heavy atom. The highest BCUT2D eigenvalue weighted by Gasteiger charge is 2.59. The number of fused-ring (bicyclic) bond motifs is 1. The van der Waals surface area contributed by atoms with Crippen LogP contribution in [0, 0.1) is 29.1 Å². The van der Waals surface area contributed by atoms with Crippen molar-refractivity contribution in [2.45, 2.75) is 33.6 Å². The van der Waals surface area contributed by atoms with Crippen LogP contribution in [0.25, 0.3) is 0 Å². The molecule has 0 aliphatic heterocycles. The third-order valence-corrected chi connectivity index (χ3v) is 4.43. The Bertz CT molecular complexity index is 207. The van der Waals surface area contributed by atoms with E-state index in [1.807, 2.05) is 0 Å². The van der Waals surface area contributed by atoms with Crippen molar-refractivity contribution >= 4 is 6.29 Å². The second-order valence-corrected chi connectivity index (χ2v) is 5.22. The number of rotatable bonds is 1. The molecule has 1 heteroatoms. The number of carbonyl (C=O) groups excluding carboxylic acids is 1. The van der Waals surface area contributed by atoms with Crippen molar-refractivity contribution in [3.05, 3.63) is 0 Å². The topological polar surface area (TPSA) is 17.1 Å². The summed E-state index contributed by atoms with van der Waals surface area (Å²) in [6, 6.07) is 0. The third kappa shape index (κ3) is 0.773. The molecule has 0 N–H and O–H groups in total. The highest BCUT2D eigenvalue weighted by Crippen LogP contribution is 2.63. The van der Waals surface area contributed by atoms with Crippen molar-refractivity contribution in [3.63, 3.8) is 0 Å². The van der Waals surface area contributed by atoms with Gasteiger partial charge in [-0.15, -0.1) is 0 Å². The summed E-state index contributed by atoms with van der Waals surface area (Å²) in [5, 5.41) is 0. The summed E-state index contributed by atoms with van der Waals surface area (Å²) in [7, 11) is 0. The molecule has 68 valence electrons. The van der Waals surface area contributed by atoms with E-state index < -0.39 is 0 Å². The molecule has 12 heavy (non-hydrogen) atoms. The molecule has 1 nitrogen and oxygen atoms in total. The molecule has 2 aliphatic rings. The molecule has 0 spiro atoms. The number of carbonyl (C=O) groups is 1. The summed E-state index contributed by atoms with van der Waals surface area (Å²) in [5.41, 5.74) is 0.303. The molecular weight excluding hydrogens is 148 g/mol. The molecule has 0 aromatic carbocycles. The summed E-state index contributed by atoms with van der Waals surface area (Å²) in [6.07, 6.45) is 3.88. The van der Waals surface area contributed by atoms with Gasteiger partial charge in [-0.05, 0) is 29.6 Å². The highest BCUT2D eigenvalue weighted by molar-refractivity contribution is 5.58.